The van der Waals surface area contributed by atoms with E-state index in [0.717, 1.165) is 6.54 Å². The summed E-state index contributed by atoms with van der Waals surface area (Å²) in [5.41, 5.74) is 0. The Hall–Kier alpha value is -1.61. The van der Waals surface area contributed by atoms with Gasteiger partial charge in [-0.3, -0.25) is 0 Å². The predicted molar refractivity (Wildman–Crippen MR) is 83.1 cm³/mol. The lowest BCUT2D eigenvalue weighted by Gasteiger charge is -2.28. The monoisotopic (exact) mass is 267 g/mol. The Kier molecular flexibility index (Phi) is 3.07. The van der Waals surface area contributed by atoms with Crippen LogP contribution in [-0.4, -0.2) is 30.2 Å². The molecule has 0 amide bonds. The number of anilines is 1. The predicted octanol–water partition coefficient (Wildman–Crippen LogP) is 2.96. The number of hydrogen-bond acceptors (Lipinski definition) is 3. The van der Waals surface area contributed by atoms with Crippen molar-refractivity contribution in [1.29, 1.82) is 0 Å². The molecule has 0 bridgehead atoms. The Bertz CT molecular complexity index is 595. The molecule has 3 nitrogen and oxygen atoms in total. The van der Waals surface area contributed by atoms with Gasteiger partial charge in [0.15, 0.2) is 0 Å². The fourth-order valence-corrected chi connectivity index (χ4v) is 3.28. The van der Waals surface area contributed by atoms with Crippen molar-refractivity contribution in [3.63, 3.8) is 0 Å². The lowest BCUT2D eigenvalue weighted by molar-refractivity contribution is 0.576. The molecular formula is C17H21N3. The van der Waals surface area contributed by atoms with E-state index in [1.165, 1.54) is 48.8 Å². The van der Waals surface area contributed by atoms with Gasteiger partial charge in [-0.2, -0.15) is 0 Å². The number of rotatable bonds is 4. The van der Waals surface area contributed by atoms with Crippen LogP contribution in [-0.2, 0) is 0 Å². The third-order valence-electron chi connectivity index (χ3n) is 4.49. The molecule has 1 aromatic carbocycles. The zero-order chi connectivity index (χ0) is 13.4. The third-order valence-corrected chi connectivity index (χ3v) is 4.49. The molecule has 1 aliphatic carbocycles. The molecule has 1 aromatic heterocycles. The van der Waals surface area contributed by atoms with Gasteiger partial charge in [-0.05, 0) is 43.7 Å². The van der Waals surface area contributed by atoms with E-state index in [1.54, 1.807) is 0 Å². The first-order chi connectivity index (χ1) is 9.92. The molecule has 1 saturated heterocycles. The minimum absolute atomic E-state index is 0.636. The maximum absolute atomic E-state index is 4.71. The van der Waals surface area contributed by atoms with Crippen LogP contribution in [0.5, 0.6) is 0 Å². The number of hydrogen-bond donors (Lipinski definition) is 1. The van der Waals surface area contributed by atoms with Gasteiger partial charge in [0.1, 0.15) is 5.82 Å². The van der Waals surface area contributed by atoms with Crippen molar-refractivity contribution in [3.8, 4) is 0 Å². The first-order valence-electron chi connectivity index (χ1n) is 7.75. The van der Waals surface area contributed by atoms with Crippen molar-refractivity contribution in [2.75, 3.05) is 18.0 Å². The van der Waals surface area contributed by atoms with Gasteiger partial charge < -0.3 is 10.2 Å². The van der Waals surface area contributed by atoms with Gasteiger partial charge in [-0.1, -0.05) is 24.3 Å². The van der Waals surface area contributed by atoms with Crippen LogP contribution in [0.15, 0.2) is 36.5 Å². The van der Waals surface area contributed by atoms with Gasteiger partial charge in [-0.25, -0.2) is 4.98 Å². The van der Waals surface area contributed by atoms with Crippen LogP contribution in [0, 0.1) is 0 Å². The van der Waals surface area contributed by atoms with Crippen LogP contribution in [0.3, 0.4) is 0 Å². The van der Waals surface area contributed by atoms with E-state index >= 15 is 0 Å². The summed E-state index contributed by atoms with van der Waals surface area (Å²) in [5.74, 6) is 1.18. The summed E-state index contributed by atoms with van der Waals surface area (Å²) in [6.07, 6.45) is 7.20. The van der Waals surface area contributed by atoms with E-state index in [0.29, 0.717) is 12.1 Å². The highest BCUT2D eigenvalue weighted by Gasteiger charge is 2.32. The average molecular weight is 267 g/mol. The van der Waals surface area contributed by atoms with Crippen molar-refractivity contribution < 1.29 is 0 Å². The number of nitrogens with one attached hydrogen (secondary N) is 1. The molecule has 1 N–H and O–H groups in total. The number of aromatic nitrogens is 1. The highest BCUT2D eigenvalue weighted by Crippen LogP contribution is 2.34. The summed E-state index contributed by atoms with van der Waals surface area (Å²) in [5, 5.41) is 6.20. The van der Waals surface area contributed by atoms with E-state index in [1.807, 2.05) is 6.20 Å². The number of pyridine rings is 1. The molecular weight excluding hydrogens is 246 g/mol. The normalized spacial score (nSPS) is 22.3. The molecule has 20 heavy (non-hydrogen) atoms. The summed E-state index contributed by atoms with van der Waals surface area (Å²) in [4.78, 5) is 7.26. The standard InChI is InChI=1S/C17H21N3/c1-2-6-16-13(4-1)9-11-19-17(16)20(15-7-8-15)12-14-5-3-10-18-14/h1-2,4,6,9,11,14-15,18H,3,5,7-8,10,12H2. The summed E-state index contributed by atoms with van der Waals surface area (Å²) >= 11 is 0. The number of nitrogens with zero attached hydrogens (tertiary/aromatic N) is 2. The Morgan fingerprint density at radius 1 is 1.15 bits per heavy atom. The third kappa shape index (κ3) is 2.27. The Morgan fingerprint density at radius 2 is 2.05 bits per heavy atom. The minimum atomic E-state index is 0.636. The first-order valence-corrected chi connectivity index (χ1v) is 7.75. The second kappa shape index (κ2) is 5.06. The molecule has 2 heterocycles. The minimum Gasteiger partial charge on any atom is -0.352 e. The Labute approximate surface area is 120 Å². The molecule has 1 unspecified atom stereocenters. The molecule has 2 fully saturated rings. The average Bonchev–Trinajstić information content (AvgIpc) is 3.21. The van der Waals surface area contributed by atoms with Gasteiger partial charge in [-0.15, -0.1) is 0 Å². The molecule has 4 rings (SSSR count). The molecule has 104 valence electrons. The van der Waals surface area contributed by atoms with Crippen molar-refractivity contribution >= 4 is 16.6 Å². The molecule has 2 aliphatic rings. The maximum Gasteiger partial charge on any atom is 0.136 e. The van der Waals surface area contributed by atoms with Gasteiger partial charge in [0.05, 0.1) is 0 Å². The summed E-state index contributed by atoms with van der Waals surface area (Å²) in [6.45, 7) is 2.28. The van der Waals surface area contributed by atoms with E-state index in [4.69, 9.17) is 4.98 Å². The largest absolute Gasteiger partial charge is 0.352 e. The topological polar surface area (TPSA) is 28.2 Å². The van der Waals surface area contributed by atoms with E-state index in [2.05, 4.69) is 40.5 Å². The van der Waals surface area contributed by atoms with Crippen LogP contribution in [0.25, 0.3) is 10.8 Å². The lowest BCUT2D eigenvalue weighted by atomic mass is 10.1. The van der Waals surface area contributed by atoms with Gasteiger partial charge in [0.2, 0.25) is 0 Å². The fourth-order valence-electron chi connectivity index (χ4n) is 3.28. The Balaban J connectivity index is 1.70. The maximum atomic E-state index is 4.71. The summed E-state index contributed by atoms with van der Waals surface area (Å²) in [7, 11) is 0. The summed E-state index contributed by atoms with van der Waals surface area (Å²) < 4.78 is 0. The van der Waals surface area contributed by atoms with Crippen LogP contribution >= 0.6 is 0 Å². The van der Waals surface area contributed by atoms with Crippen molar-refractivity contribution in [1.82, 2.24) is 10.3 Å². The second-order valence-corrected chi connectivity index (χ2v) is 6.03. The molecule has 3 heteroatoms. The summed E-state index contributed by atoms with van der Waals surface area (Å²) in [6, 6.07) is 12.1. The quantitative estimate of drug-likeness (QED) is 0.923. The van der Waals surface area contributed by atoms with Crippen LogP contribution in [0.2, 0.25) is 0 Å². The first kappa shape index (κ1) is 12.2. The van der Waals surface area contributed by atoms with E-state index < -0.39 is 0 Å². The zero-order valence-corrected chi connectivity index (χ0v) is 11.8. The zero-order valence-electron chi connectivity index (χ0n) is 11.8. The van der Waals surface area contributed by atoms with Gasteiger partial charge >= 0.3 is 0 Å². The van der Waals surface area contributed by atoms with Crippen LogP contribution in [0.1, 0.15) is 25.7 Å². The highest BCUT2D eigenvalue weighted by atomic mass is 15.2. The Morgan fingerprint density at radius 3 is 2.85 bits per heavy atom. The second-order valence-electron chi connectivity index (χ2n) is 6.03. The fraction of sp³-hybridized carbons (Fsp3) is 0.471. The van der Waals surface area contributed by atoms with Crippen LogP contribution in [0.4, 0.5) is 5.82 Å². The molecule has 0 spiro atoms. The lowest BCUT2D eigenvalue weighted by Crippen LogP contribution is -2.39. The van der Waals surface area contributed by atoms with Crippen molar-refractivity contribution in [2.45, 2.75) is 37.8 Å². The van der Waals surface area contributed by atoms with Gasteiger partial charge in [0, 0.05) is 30.2 Å². The molecule has 2 aromatic rings. The SMILES string of the molecule is c1ccc2c(N(CC3CCCN3)C3CC3)nccc2c1. The van der Waals surface area contributed by atoms with Crippen molar-refractivity contribution in [3.05, 3.63) is 36.5 Å². The highest BCUT2D eigenvalue weighted by molar-refractivity contribution is 5.92. The molecule has 1 saturated carbocycles. The van der Waals surface area contributed by atoms with E-state index in [9.17, 15) is 0 Å². The molecule has 0 radical (unpaired) electrons. The number of benzene rings is 1. The van der Waals surface area contributed by atoms with Crippen molar-refractivity contribution in [2.24, 2.45) is 0 Å². The molecule has 1 aliphatic heterocycles. The molecule has 1 atom stereocenters. The van der Waals surface area contributed by atoms with Gasteiger partial charge in [0.25, 0.3) is 0 Å². The number of fused-ring (bicyclic) bond motifs is 1. The van der Waals surface area contributed by atoms with E-state index in [-0.39, 0.29) is 0 Å². The smallest absolute Gasteiger partial charge is 0.136 e. The van der Waals surface area contributed by atoms with Crippen LogP contribution < -0.4 is 10.2 Å².